The van der Waals surface area contributed by atoms with Crippen LogP contribution in [0.4, 0.5) is 0 Å². The van der Waals surface area contributed by atoms with Gasteiger partial charge in [-0.1, -0.05) is 26.0 Å². The Labute approximate surface area is 189 Å². The Morgan fingerprint density at radius 1 is 1.03 bits per heavy atom. The molecule has 0 bridgehead atoms. The lowest BCUT2D eigenvalue weighted by molar-refractivity contribution is -0.162. The average molecular weight is 437 g/mol. The van der Waals surface area contributed by atoms with E-state index in [2.05, 4.69) is 29.0 Å². The number of nitrogens with zero attached hydrogens (tertiary/aromatic N) is 3. The summed E-state index contributed by atoms with van der Waals surface area (Å²) >= 11 is 0. The number of hydrogen-bond acceptors (Lipinski definition) is 5. The topological polar surface area (TPSA) is 85.8 Å². The van der Waals surface area contributed by atoms with E-state index < -0.39 is 11.6 Å². The summed E-state index contributed by atoms with van der Waals surface area (Å²) in [4.78, 5) is 35.2. The molecular weight excluding hydrogens is 404 g/mol. The zero-order valence-electron chi connectivity index (χ0n) is 18.8. The zero-order chi connectivity index (χ0) is 22.7. The Morgan fingerprint density at radius 2 is 1.66 bits per heavy atom. The van der Waals surface area contributed by atoms with Gasteiger partial charge < -0.3 is 15.3 Å². The lowest BCUT2D eigenvalue weighted by atomic mass is 9.80. The van der Waals surface area contributed by atoms with Crippen molar-refractivity contribution in [1.29, 1.82) is 0 Å². The molecule has 2 aliphatic rings. The molecule has 0 saturated carbocycles. The maximum atomic E-state index is 13.5. The van der Waals surface area contributed by atoms with Crippen molar-refractivity contribution < 1.29 is 14.7 Å². The Kier molecular flexibility index (Phi) is 6.46. The standard InChI is InChI=1S/C25H32N4O3/c1-18(2)15-22-23(31)29(17-20-7-11-26-12-8-20)25(24(32)27-22)9-13-28(14-10-25)16-19-3-5-21(30)6-4-19/h3-8,11-12,18,22,30H,9-10,13-17H2,1-2H3,(H,27,32). The van der Waals surface area contributed by atoms with Crippen molar-refractivity contribution in [2.45, 2.75) is 57.8 Å². The molecule has 2 amide bonds. The molecule has 2 aromatic rings. The number of phenolic OH excluding ortho intramolecular Hbond substituents is 1. The van der Waals surface area contributed by atoms with Gasteiger partial charge in [-0.3, -0.25) is 19.5 Å². The number of nitrogens with one attached hydrogen (secondary N) is 1. The number of carbonyl (C=O) groups is 2. The quantitative estimate of drug-likeness (QED) is 0.727. The molecular formula is C25H32N4O3. The third-order valence-corrected chi connectivity index (χ3v) is 6.63. The van der Waals surface area contributed by atoms with Crippen LogP contribution in [0.15, 0.2) is 48.8 Å². The van der Waals surface area contributed by atoms with Gasteiger partial charge in [0.25, 0.3) is 0 Å². The number of hydrogen-bond donors (Lipinski definition) is 2. The molecule has 2 N–H and O–H groups in total. The van der Waals surface area contributed by atoms with Gasteiger partial charge in [0.2, 0.25) is 11.8 Å². The fourth-order valence-electron chi connectivity index (χ4n) is 4.84. The second-order valence-electron chi connectivity index (χ2n) is 9.41. The number of rotatable bonds is 6. The van der Waals surface area contributed by atoms with E-state index in [0.717, 1.165) is 30.8 Å². The molecule has 1 aromatic carbocycles. The molecule has 3 heterocycles. The molecule has 0 radical (unpaired) electrons. The van der Waals surface area contributed by atoms with E-state index >= 15 is 0 Å². The molecule has 2 saturated heterocycles. The molecule has 4 rings (SSSR count). The van der Waals surface area contributed by atoms with E-state index in [0.29, 0.717) is 31.7 Å². The molecule has 2 fully saturated rings. The second-order valence-corrected chi connectivity index (χ2v) is 9.41. The number of amides is 2. The van der Waals surface area contributed by atoms with Crippen molar-refractivity contribution in [3.63, 3.8) is 0 Å². The fourth-order valence-corrected chi connectivity index (χ4v) is 4.84. The first-order chi connectivity index (χ1) is 15.4. The highest BCUT2D eigenvalue weighted by Crippen LogP contribution is 2.35. The summed E-state index contributed by atoms with van der Waals surface area (Å²) in [6.45, 7) is 6.76. The normalized spacial score (nSPS) is 21.2. The van der Waals surface area contributed by atoms with Crippen LogP contribution >= 0.6 is 0 Å². The number of piperidine rings is 1. The van der Waals surface area contributed by atoms with Crippen molar-refractivity contribution in [2.75, 3.05) is 13.1 Å². The van der Waals surface area contributed by atoms with E-state index in [1.54, 1.807) is 24.5 Å². The number of carbonyl (C=O) groups excluding carboxylic acids is 2. The van der Waals surface area contributed by atoms with Crippen molar-refractivity contribution in [1.82, 2.24) is 20.1 Å². The van der Waals surface area contributed by atoms with Crippen LogP contribution in [0.5, 0.6) is 5.75 Å². The minimum absolute atomic E-state index is 0.0158. The monoisotopic (exact) mass is 436 g/mol. The van der Waals surface area contributed by atoms with Crippen LogP contribution in [0.1, 0.15) is 44.2 Å². The maximum Gasteiger partial charge on any atom is 0.246 e. The number of likely N-dealkylation sites (tertiary alicyclic amines) is 1. The van der Waals surface area contributed by atoms with Gasteiger partial charge in [-0.2, -0.15) is 0 Å². The van der Waals surface area contributed by atoms with E-state index in [1.807, 2.05) is 29.2 Å². The van der Waals surface area contributed by atoms with Gasteiger partial charge in [0.05, 0.1) is 0 Å². The largest absolute Gasteiger partial charge is 0.508 e. The maximum absolute atomic E-state index is 13.5. The molecule has 32 heavy (non-hydrogen) atoms. The molecule has 2 aliphatic heterocycles. The lowest BCUT2D eigenvalue weighted by Gasteiger charge is -2.52. The van der Waals surface area contributed by atoms with Crippen LogP contribution in [0.2, 0.25) is 0 Å². The second kappa shape index (κ2) is 9.28. The van der Waals surface area contributed by atoms with Crippen LogP contribution in [-0.4, -0.2) is 56.4 Å². The lowest BCUT2D eigenvalue weighted by Crippen LogP contribution is -2.72. The highest BCUT2D eigenvalue weighted by atomic mass is 16.3. The Hall–Kier alpha value is -2.93. The van der Waals surface area contributed by atoms with Gasteiger partial charge in [-0.05, 0) is 60.6 Å². The predicted molar refractivity (Wildman–Crippen MR) is 122 cm³/mol. The van der Waals surface area contributed by atoms with Crippen LogP contribution in [-0.2, 0) is 22.7 Å². The molecule has 1 atom stereocenters. The molecule has 1 aromatic heterocycles. The molecule has 1 spiro atoms. The van der Waals surface area contributed by atoms with E-state index in [1.165, 1.54) is 0 Å². The fraction of sp³-hybridized carbons (Fsp3) is 0.480. The van der Waals surface area contributed by atoms with Gasteiger partial charge >= 0.3 is 0 Å². The van der Waals surface area contributed by atoms with Gasteiger partial charge in [0.15, 0.2) is 0 Å². The minimum Gasteiger partial charge on any atom is -0.508 e. The first kappa shape index (κ1) is 22.3. The van der Waals surface area contributed by atoms with Crippen LogP contribution in [0.3, 0.4) is 0 Å². The SMILES string of the molecule is CC(C)CC1NC(=O)C2(CCN(Cc3ccc(O)cc3)CC2)N(Cc2ccncc2)C1=O. The van der Waals surface area contributed by atoms with Crippen LogP contribution in [0, 0.1) is 5.92 Å². The molecule has 170 valence electrons. The highest BCUT2D eigenvalue weighted by Gasteiger charge is 2.53. The summed E-state index contributed by atoms with van der Waals surface area (Å²) in [6, 6.07) is 10.6. The summed E-state index contributed by atoms with van der Waals surface area (Å²) in [6.07, 6.45) is 5.29. The Morgan fingerprint density at radius 3 is 2.28 bits per heavy atom. The van der Waals surface area contributed by atoms with Crippen LogP contribution in [0.25, 0.3) is 0 Å². The van der Waals surface area contributed by atoms with Crippen molar-refractivity contribution >= 4 is 11.8 Å². The summed E-state index contributed by atoms with van der Waals surface area (Å²) < 4.78 is 0. The smallest absolute Gasteiger partial charge is 0.246 e. The first-order valence-corrected chi connectivity index (χ1v) is 11.4. The molecule has 1 unspecified atom stereocenters. The zero-order valence-corrected chi connectivity index (χ0v) is 18.8. The number of aromatic nitrogens is 1. The number of phenols is 1. The average Bonchev–Trinajstić information content (AvgIpc) is 2.78. The summed E-state index contributed by atoms with van der Waals surface area (Å²) in [5.74, 6) is 0.558. The number of pyridine rings is 1. The summed E-state index contributed by atoms with van der Waals surface area (Å²) in [7, 11) is 0. The highest BCUT2D eigenvalue weighted by molar-refractivity contribution is 6.00. The molecule has 7 nitrogen and oxygen atoms in total. The summed E-state index contributed by atoms with van der Waals surface area (Å²) in [5.41, 5.74) is 1.28. The van der Waals surface area contributed by atoms with E-state index in [4.69, 9.17) is 0 Å². The number of benzene rings is 1. The van der Waals surface area contributed by atoms with E-state index in [-0.39, 0.29) is 17.6 Å². The first-order valence-electron chi connectivity index (χ1n) is 11.4. The van der Waals surface area contributed by atoms with Gasteiger partial charge in [0.1, 0.15) is 17.3 Å². The van der Waals surface area contributed by atoms with Gasteiger partial charge in [-0.25, -0.2) is 0 Å². The molecule has 7 heteroatoms. The Bertz CT molecular complexity index is 937. The number of piperazine rings is 1. The minimum atomic E-state index is -0.820. The van der Waals surface area contributed by atoms with Crippen molar-refractivity contribution in [2.24, 2.45) is 5.92 Å². The Balaban J connectivity index is 1.53. The number of aromatic hydroxyl groups is 1. The van der Waals surface area contributed by atoms with Gasteiger partial charge in [-0.15, -0.1) is 0 Å². The van der Waals surface area contributed by atoms with Crippen molar-refractivity contribution in [3.8, 4) is 5.75 Å². The summed E-state index contributed by atoms with van der Waals surface area (Å²) in [5, 5.41) is 12.6. The predicted octanol–water partition coefficient (Wildman–Crippen LogP) is 2.70. The third kappa shape index (κ3) is 4.63. The van der Waals surface area contributed by atoms with Gasteiger partial charge in [0, 0.05) is 38.6 Å². The third-order valence-electron chi connectivity index (χ3n) is 6.63. The van der Waals surface area contributed by atoms with Crippen LogP contribution < -0.4 is 5.32 Å². The van der Waals surface area contributed by atoms with Crippen molar-refractivity contribution in [3.05, 3.63) is 59.9 Å². The van der Waals surface area contributed by atoms with E-state index in [9.17, 15) is 14.7 Å². The molecule has 0 aliphatic carbocycles.